The Morgan fingerprint density at radius 2 is 1.59 bits per heavy atom. The van der Waals surface area contributed by atoms with Gasteiger partial charge in [0.1, 0.15) is 5.76 Å². The van der Waals surface area contributed by atoms with Crippen molar-refractivity contribution in [2.45, 2.75) is 31.3 Å². The van der Waals surface area contributed by atoms with Crippen LogP contribution < -0.4 is 0 Å². The van der Waals surface area contributed by atoms with Gasteiger partial charge >= 0.3 is 0 Å². The molecule has 6 aromatic rings. The van der Waals surface area contributed by atoms with Gasteiger partial charge in [-0.15, -0.1) is 10.2 Å². The van der Waals surface area contributed by atoms with Crippen LogP contribution in [0.5, 0.6) is 0 Å². The van der Waals surface area contributed by atoms with Gasteiger partial charge in [-0.1, -0.05) is 89.6 Å². The monoisotopic (exact) mass is 502 g/mol. The molecule has 0 saturated heterocycles. The van der Waals surface area contributed by atoms with E-state index in [1.165, 1.54) is 16.7 Å². The summed E-state index contributed by atoms with van der Waals surface area (Å²) in [6.45, 7) is 4.82. The lowest BCUT2D eigenvalue weighted by atomic mass is 10.0. The van der Waals surface area contributed by atoms with Gasteiger partial charge < -0.3 is 4.42 Å². The zero-order valence-corrected chi connectivity index (χ0v) is 21.6. The fourth-order valence-corrected chi connectivity index (χ4v) is 5.58. The van der Waals surface area contributed by atoms with Crippen molar-refractivity contribution in [1.29, 1.82) is 0 Å². The van der Waals surface area contributed by atoms with Crippen LogP contribution in [0.15, 0.2) is 107 Å². The number of thioether (sulfide) groups is 1. The SMILES string of the molecule is Cc1cc(C)cc(CSc2nnc(-c3cc(-c4ccccc4)nc4ccccc34)n2Cc2ccco2)c1. The van der Waals surface area contributed by atoms with Gasteiger partial charge in [0.15, 0.2) is 11.0 Å². The predicted octanol–water partition coefficient (Wildman–Crippen LogP) is 7.71. The Morgan fingerprint density at radius 1 is 0.811 bits per heavy atom. The fourth-order valence-electron chi connectivity index (χ4n) is 4.71. The summed E-state index contributed by atoms with van der Waals surface area (Å²) in [6, 6.07) is 31.2. The first kappa shape index (κ1) is 23.3. The summed E-state index contributed by atoms with van der Waals surface area (Å²) in [4.78, 5) is 4.96. The van der Waals surface area contributed by atoms with E-state index in [9.17, 15) is 0 Å². The minimum absolute atomic E-state index is 0.543. The molecule has 0 bridgehead atoms. The summed E-state index contributed by atoms with van der Waals surface area (Å²) in [5.41, 5.74) is 7.72. The summed E-state index contributed by atoms with van der Waals surface area (Å²) in [5.74, 6) is 2.47. The van der Waals surface area contributed by atoms with Crippen molar-refractivity contribution in [3.05, 3.63) is 120 Å². The molecule has 0 fully saturated rings. The largest absolute Gasteiger partial charge is 0.467 e. The highest BCUT2D eigenvalue weighted by molar-refractivity contribution is 7.98. The fraction of sp³-hybridized carbons (Fsp3) is 0.129. The Kier molecular flexibility index (Phi) is 6.33. The number of fused-ring (bicyclic) bond motifs is 1. The predicted molar refractivity (Wildman–Crippen MR) is 149 cm³/mol. The molecule has 182 valence electrons. The van der Waals surface area contributed by atoms with Crippen LogP contribution in [0.4, 0.5) is 0 Å². The Hall–Kier alpha value is -4.16. The molecule has 0 aliphatic heterocycles. The van der Waals surface area contributed by atoms with E-state index in [0.29, 0.717) is 6.54 Å². The van der Waals surface area contributed by atoms with Crippen LogP contribution in [-0.4, -0.2) is 19.7 Å². The van der Waals surface area contributed by atoms with Crippen LogP contribution >= 0.6 is 11.8 Å². The molecule has 6 rings (SSSR count). The van der Waals surface area contributed by atoms with E-state index in [1.54, 1.807) is 18.0 Å². The van der Waals surface area contributed by atoms with E-state index >= 15 is 0 Å². The number of hydrogen-bond donors (Lipinski definition) is 0. The van der Waals surface area contributed by atoms with Gasteiger partial charge in [-0.3, -0.25) is 4.57 Å². The van der Waals surface area contributed by atoms with Gasteiger partial charge in [0.05, 0.1) is 24.0 Å². The highest BCUT2D eigenvalue weighted by Gasteiger charge is 2.19. The third kappa shape index (κ3) is 4.93. The van der Waals surface area contributed by atoms with Crippen molar-refractivity contribution in [3.63, 3.8) is 0 Å². The summed E-state index contributed by atoms with van der Waals surface area (Å²) in [5, 5.41) is 11.3. The summed E-state index contributed by atoms with van der Waals surface area (Å²) in [7, 11) is 0. The standard InChI is InChI=1S/C31H26N4OS/c1-21-15-22(2)17-23(16-21)20-37-31-34-33-30(35(31)19-25-11-8-14-36-25)27-18-29(24-9-4-3-5-10-24)32-28-13-7-6-12-26(27)28/h3-18H,19-20H2,1-2H3. The second-order valence-corrected chi connectivity index (χ2v) is 10.1. The molecule has 0 amide bonds. The first-order valence-corrected chi connectivity index (χ1v) is 13.2. The van der Waals surface area contributed by atoms with Crippen LogP contribution in [0.25, 0.3) is 33.5 Å². The van der Waals surface area contributed by atoms with Crippen LogP contribution in [-0.2, 0) is 12.3 Å². The Labute approximate surface area is 220 Å². The van der Waals surface area contributed by atoms with E-state index in [0.717, 1.165) is 50.2 Å². The van der Waals surface area contributed by atoms with E-state index in [1.807, 2.05) is 48.5 Å². The molecule has 3 aromatic carbocycles. The van der Waals surface area contributed by atoms with Gasteiger partial charge in [0, 0.05) is 22.3 Å². The molecule has 3 heterocycles. The van der Waals surface area contributed by atoms with Gasteiger partial charge in [-0.05, 0) is 43.7 Å². The number of furan rings is 1. The summed E-state index contributed by atoms with van der Waals surface area (Å²) < 4.78 is 7.88. The van der Waals surface area contributed by atoms with Gasteiger partial charge in [-0.2, -0.15) is 0 Å². The minimum Gasteiger partial charge on any atom is -0.467 e. The number of pyridine rings is 1. The zero-order chi connectivity index (χ0) is 25.2. The topological polar surface area (TPSA) is 56.7 Å². The third-order valence-corrected chi connectivity index (χ3v) is 7.32. The maximum absolute atomic E-state index is 5.73. The minimum atomic E-state index is 0.543. The van der Waals surface area contributed by atoms with Gasteiger partial charge in [0.25, 0.3) is 0 Å². The summed E-state index contributed by atoms with van der Waals surface area (Å²) in [6.07, 6.45) is 1.71. The Bertz CT molecular complexity index is 1650. The zero-order valence-electron chi connectivity index (χ0n) is 20.8. The van der Waals surface area contributed by atoms with Crippen molar-refractivity contribution in [1.82, 2.24) is 19.7 Å². The molecule has 0 saturated carbocycles. The molecule has 0 unspecified atom stereocenters. The molecule has 3 aromatic heterocycles. The Balaban J connectivity index is 1.47. The molecule has 37 heavy (non-hydrogen) atoms. The highest BCUT2D eigenvalue weighted by atomic mass is 32.2. The van der Waals surface area contributed by atoms with Crippen molar-refractivity contribution >= 4 is 22.7 Å². The van der Waals surface area contributed by atoms with Crippen molar-refractivity contribution in [3.8, 4) is 22.6 Å². The molecule has 0 radical (unpaired) electrons. The molecule has 0 aliphatic carbocycles. The molecule has 6 heteroatoms. The second-order valence-electron chi connectivity index (χ2n) is 9.19. The van der Waals surface area contributed by atoms with E-state index in [2.05, 4.69) is 66.0 Å². The number of nitrogens with zero attached hydrogens (tertiary/aromatic N) is 4. The first-order chi connectivity index (χ1) is 18.1. The molecule has 0 aliphatic rings. The summed E-state index contributed by atoms with van der Waals surface area (Å²) >= 11 is 1.69. The van der Waals surface area contributed by atoms with E-state index in [4.69, 9.17) is 14.5 Å². The Morgan fingerprint density at radius 3 is 2.38 bits per heavy atom. The number of para-hydroxylation sites is 1. The van der Waals surface area contributed by atoms with Crippen molar-refractivity contribution < 1.29 is 4.42 Å². The second kappa shape index (κ2) is 10.1. The smallest absolute Gasteiger partial charge is 0.192 e. The lowest BCUT2D eigenvalue weighted by Crippen LogP contribution is -2.04. The van der Waals surface area contributed by atoms with Crippen LogP contribution in [0.2, 0.25) is 0 Å². The van der Waals surface area contributed by atoms with E-state index in [-0.39, 0.29) is 0 Å². The first-order valence-electron chi connectivity index (χ1n) is 12.3. The van der Waals surface area contributed by atoms with Gasteiger partial charge in [-0.25, -0.2) is 4.98 Å². The van der Waals surface area contributed by atoms with Gasteiger partial charge in [0.2, 0.25) is 0 Å². The molecule has 0 N–H and O–H groups in total. The normalized spacial score (nSPS) is 11.3. The van der Waals surface area contributed by atoms with Crippen LogP contribution in [0.1, 0.15) is 22.5 Å². The van der Waals surface area contributed by atoms with Crippen molar-refractivity contribution in [2.24, 2.45) is 0 Å². The number of aryl methyl sites for hydroxylation is 2. The average Bonchev–Trinajstić information content (AvgIpc) is 3.57. The van der Waals surface area contributed by atoms with Crippen molar-refractivity contribution in [2.75, 3.05) is 0 Å². The lowest BCUT2D eigenvalue weighted by Gasteiger charge is -2.13. The highest BCUT2D eigenvalue weighted by Crippen LogP contribution is 2.34. The van der Waals surface area contributed by atoms with Crippen LogP contribution in [0, 0.1) is 13.8 Å². The van der Waals surface area contributed by atoms with Crippen LogP contribution in [0.3, 0.4) is 0 Å². The number of hydrogen-bond acceptors (Lipinski definition) is 5. The molecular formula is C31H26N4OS. The maximum atomic E-state index is 5.73. The van der Waals surface area contributed by atoms with E-state index < -0.39 is 0 Å². The third-order valence-electron chi connectivity index (χ3n) is 6.29. The number of rotatable bonds is 7. The molecule has 5 nitrogen and oxygen atoms in total. The average molecular weight is 503 g/mol. The molecule has 0 spiro atoms. The molecule has 0 atom stereocenters. The quantitative estimate of drug-likeness (QED) is 0.209. The maximum Gasteiger partial charge on any atom is 0.192 e. The lowest BCUT2D eigenvalue weighted by molar-refractivity contribution is 0.485. The number of benzene rings is 3. The molecular weight excluding hydrogens is 476 g/mol. The number of aromatic nitrogens is 4.